The molecule has 0 atom stereocenters. The predicted molar refractivity (Wildman–Crippen MR) is 129 cm³/mol. The molecule has 0 bridgehead atoms. The van der Waals surface area contributed by atoms with E-state index < -0.39 is 0 Å². The third-order valence-electron chi connectivity index (χ3n) is 4.18. The van der Waals surface area contributed by atoms with Crippen LogP contribution in [0.25, 0.3) is 0 Å². The van der Waals surface area contributed by atoms with Gasteiger partial charge in [-0.25, -0.2) is 4.99 Å². The Morgan fingerprint density at radius 3 is 2.28 bits per heavy atom. The SMILES string of the molecule is CCNC(=NCc1ccccc1Cl)NCCc1ccc(OC)c(OC)c1OC.I. The van der Waals surface area contributed by atoms with Crippen LogP contribution in [0.4, 0.5) is 0 Å². The highest BCUT2D eigenvalue weighted by molar-refractivity contribution is 14.0. The molecule has 0 aliphatic carbocycles. The van der Waals surface area contributed by atoms with Crippen molar-refractivity contribution in [3.05, 3.63) is 52.5 Å². The van der Waals surface area contributed by atoms with E-state index in [9.17, 15) is 0 Å². The fourth-order valence-corrected chi connectivity index (χ4v) is 3.00. The standard InChI is InChI=1S/C21H28ClN3O3.HI/c1-5-23-21(25-14-16-8-6-7-9-17(16)22)24-13-12-15-10-11-18(26-2)20(28-4)19(15)27-3;/h6-11H,5,12-14H2,1-4H3,(H2,23,24,25);1H. The molecule has 2 N–H and O–H groups in total. The topological polar surface area (TPSA) is 64.1 Å². The summed E-state index contributed by atoms with van der Waals surface area (Å²) < 4.78 is 16.3. The molecule has 0 radical (unpaired) electrons. The molecule has 0 heterocycles. The number of nitrogens with zero attached hydrogens (tertiary/aromatic N) is 1. The fourth-order valence-electron chi connectivity index (χ4n) is 2.81. The second-order valence-electron chi connectivity index (χ2n) is 5.96. The minimum atomic E-state index is 0. The minimum absolute atomic E-state index is 0. The first-order valence-electron chi connectivity index (χ1n) is 9.18. The second-order valence-corrected chi connectivity index (χ2v) is 6.36. The van der Waals surface area contributed by atoms with Crippen LogP contribution in [-0.4, -0.2) is 40.4 Å². The molecule has 0 saturated heterocycles. The Kier molecular flexibility index (Phi) is 11.6. The molecule has 0 saturated carbocycles. The van der Waals surface area contributed by atoms with Crippen LogP contribution >= 0.6 is 35.6 Å². The largest absolute Gasteiger partial charge is 0.493 e. The molecule has 2 aromatic rings. The van der Waals surface area contributed by atoms with Crippen LogP contribution in [0.3, 0.4) is 0 Å². The molecular weight excluding hydrogens is 505 g/mol. The maximum atomic E-state index is 6.21. The van der Waals surface area contributed by atoms with Gasteiger partial charge < -0.3 is 24.8 Å². The van der Waals surface area contributed by atoms with E-state index in [1.54, 1.807) is 21.3 Å². The molecule has 0 spiro atoms. The maximum Gasteiger partial charge on any atom is 0.203 e. The summed E-state index contributed by atoms with van der Waals surface area (Å²) in [7, 11) is 4.84. The van der Waals surface area contributed by atoms with Crippen LogP contribution in [0.15, 0.2) is 41.4 Å². The molecule has 8 heteroatoms. The summed E-state index contributed by atoms with van der Waals surface area (Å²) in [5.41, 5.74) is 2.01. The highest BCUT2D eigenvalue weighted by Crippen LogP contribution is 2.39. The Labute approximate surface area is 195 Å². The molecule has 0 aliphatic rings. The number of halogens is 2. The van der Waals surface area contributed by atoms with E-state index in [0.29, 0.717) is 30.3 Å². The Hall–Kier alpha value is -1.87. The van der Waals surface area contributed by atoms with Crippen molar-refractivity contribution < 1.29 is 14.2 Å². The summed E-state index contributed by atoms with van der Waals surface area (Å²) in [4.78, 5) is 4.61. The van der Waals surface area contributed by atoms with Gasteiger partial charge in [0.05, 0.1) is 27.9 Å². The van der Waals surface area contributed by atoms with E-state index in [2.05, 4.69) is 15.6 Å². The van der Waals surface area contributed by atoms with E-state index in [1.807, 2.05) is 43.3 Å². The number of rotatable bonds is 9. The molecule has 0 fully saturated rings. The lowest BCUT2D eigenvalue weighted by molar-refractivity contribution is 0.322. The Balaban J connectivity index is 0.00000420. The number of hydrogen-bond donors (Lipinski definition) is 2. The third kappa shape index (κ3) is 7.15. The van der Waals surface area contributed by atoms with E-state index in [4.69, 9.17) is 25.8 Å². The number of nitrogens with one attached hydrogen (secondary N) is 2. The number of benzene rings is 2. The average Bonchev–Trinajstić information content (AvgIpc) is 2.72. The van der Waals surface area contributed by atoms with Crippen molar-refractivity contribution in [1.29, 1.82) is 0 Å². The maximum absolute atomic E-state index is 6.21. The van der Waals surface area contributed by atoms with Crippen LogP contribution in [0.2, 0.25) is 5.02 Å². The van der Waals surface area contributed by atoms with Crippen molar-refractivity contribution in [2.45, 2.75) is 19.9 Å². The minimum Gasteiger partial charge on any atom is -0.493 e. The fraction of sp³-hybridized carbons (Fsp3) is 0.381. The lowest BCUT2D eigenvalue weighted by Crippen LogP contribution is -2.38. The second kappa shape index (κ2) is 13.4. The molecule has 2 aromatic carbocycles. The zero-order chi connectivity index (χ0) is 20.4. The quantitative estimate of drug-likeness (QED) is 0.286. The van der Waals surface area contributed by atoms with Gasteiger partial charge in [-0.3, -0.25) is 0 Å². The number of guanidine groups is 1. The molecule has 0 unspecified atom stereocenters. The highest BCUT2D eigenvalue weighted by atomic mass is 127. The Morgan fingerprint density at radius 2 is 1.66 bits per heavy atom. The van der Waals surface area contributed by atoms with Gasteiger partial charge in [0.15, 0.2) is 17.5 Å². The summed E-state index contributed by atoms with van der Waals surface area (Å²) in [5.74, 6) is 2.66. The van der Waals surface area contributed by atoms with Gasteiger partial charge in [-0.05, 0) is 31.0 Å². The Bertz CT molecular complexity index is 803. The molecule has 160 valence electrons. The molecule has 6 nitrogen and oxygen atoms in total. The van der Waals surface area contributed by atoms with Gasteiger partial charge in [-0.2, -0.15) is 0 Å². The number of aliphatic imine (C=N–C) groups is 1. The first-order chi connectivity index (χ1) is 13.6. The first kappa shape index (κ1) is 25.2. The summed E-state index contributed by atoms with van der Waals surface area (Å²) >= 11 is 6.21. The molecular formula is C21H29ClIN3O3. The lowest BCUT2D eigenvalue weighted by Gasteiger charge is -2.16. The summed E-state index contributed by atoms with van der Waals surface area (Å²) in [6.07, 6.45) is 0.736. The van der Waals surface area contributed by atoms with Gasteiger partial charge in [0.2, 0.25) is 5.75 Å². The van der Waals surface area contributed by atoms with Gasteiger partial charge in [-0.15, -0.1) is 24.0 Å². The van der Waals surface area contributed by atoms with E-state index in [1.165, 1.54) is 0 Å². The molecule has 0 aliphatic heterocycles. The van der Waals surface area contributed by atoms with Crippen LogP contribution in [-0.2, 0) is 13.0 Å². The summed E-state index contributed by atoms with van der Waals surface area (Å²) in [5, 5.41) is 7.31. The van der Waals surface area contributed by atoms with Crippen molar-refractivity contribution in [1.82, 2.24) is 10.6 Å². The molecule has 0 amide bonds. The summed E-state index contributed by atoms with van der Waals surface area (Å²) in [6.45, 7) is 3.99. The van der Waals surface area contributed by atoms with Gasteiger partial charge in [0.25, 0.3) is 0 Å². The van der Waals surface area contributed by atoms with Gasteiger partial charge in [0.1, 0.15) is 0 Å². The molecule has 0 aromatic heterocycles. The van der Waals surface area contributed by atoms with Gasteiger partial charge >= 0.3 is 0 Å². The highest BCUT2D eigenvalue weighted by Gasteiger charge is 2.15. The zero-order valence-corrected chi connectivity index (χ0v) is 20.3. The molecule has 2 rings (SSSR count). The summed E-state index contributed by atoms with van der Waals surface area (Å²) in [6, 6.07) is 11.6. The van der Waals surface area contributed by atoms with Crippen LogP contribution in [0, 0.1) is 0 Å². The monoisotopic (exact) mass is 533 g/mol. The van der Waals surface area contributed by atoms with Crippen LogP contribution in [0.1, 0.15) is 18.1 Å². The zero-order valence-electron chi connectivity index (χ0n) is 17.3. The smallest absolute Gasteiger partial charge is 0.203 e. The normalized spacial score (nSPS) is 10.7. The predicted octanol–water partition coefficient (Wildman–Crippen LogP) is 4.28. The lowest BCUT2D eigenvalue weighted by atomic mass is 10.1. The Morgan fingerprint density at radius 1 is 0.931 bits per heavy atom. The van der Waals surface area contributed by atoms with E-state index >= 15 is 0 Å². The third-order valence-corrected chi connectivity index (χ3v) is 4.55. The van der Waals surface area contributed by atoms with Gasteiger partial charge in [-0.1, -0.05) is 35.9 Å². The van der Waals surface area contributed by atoms with Crippen molar-refractivity contribution in [3.8, 4) is 17.2 Å². The molecule has 29 heavy (non-hydrogen) atoms. The van der Waals surface area contributed by atoms with E-state index in [-0.39, 0.29) is 24.0 Å². The van der Waals surface area contributed by atoms with Crippen molar-refractivity contribution >= 4 is 41.5 Å². The van der Waals surface area contributed by atoms with Gasteiger partial charge in [0, 0.05) is 23.7 Å². The van der Waals surface area contributed by atoms with Crippen molar-refractivity contribution in [2.24, 2.45) is 4.99 Å². The number of hydrogen-bond acceptors (Lipinski definition) is 4. The van der Waals surface area contributed by atoms with Crippen molar-refractivity contribution in [3.63, 3.8) is 0 Å². The number of ether oxygens (including phenoxy) is 3. The average molecular weight is 534 g/mol. The van der Waals surface area contributed by atoms with Crippen LogP contribution in [0.5, 0.6) is 17.2 Å². The van der Waals surface area contributed by atoms with Crippen molar-refractivity contribution in [2.75, 3.05) is 34.4 Å². The number of methoxy groups -OCH3 is 3. The van der Waals surface area contributed by atoms with Crippen LogP contribution < -0.4 is 24.8 Å². The van der Waals surface area contributed by atoms with E-state index in [0.717, 1.165) is 35.1 Å². The first-order valence-corrected chi connectivity index (χ1v) is 9.55.